The third-order valence-corrected chi connectivity index (χ3v) is 4.48. The number of pyridine rings is 1. The van der Waals surface area contributed by atoms with Crippen LogP contribution in [-0.4, -0.2) is 14.8 Å². The molecule has 0 aliphatic rings. The molecule has 2 aromatic carbocycles. The van der Waals surface area contributed by atoms with Crippen LogP contribution < -0.4 is 11.1 Å². The van der Waals surface area contributed by atoms with Gasteiger partial charge in [0.2, 0.25) is 0 Å². The second-order valence-electron chi connectivity index (χ2n) is 6.11. The molecular formula is C20H16N2O4. The third kappa shape index (κ3) is 2.61. The minimum atomic E-state index is -0.527. The van der Waals surface area contributed by atoms with E-state index in [2.05, 4.69) is 0 Å². The summed E-state index contributed by atoms with van der Waals surface area (Å²) >= 11 is 0. The number of benzene rings is 2. The molecule has 4 aromatic rings. The van der Waals surface area contributed by atoms with Crippen molar-refractivity contribution in [3.8, 4) is 11.5 Å². The van der Waals surface area contributed by atoms with Gasteiger partial charge in [-0.15, -0.1) is 0 Å². The van der Waals surface area contributed by atoms with Gasteiger partial charge in [0.25, 0.3) is 0 Å². The van der Waals surface area contributed by atoms with Gasteiger partial charge in [-0.25, -0.2) is 4.79 Å². The van der Waals surface area contributed by atoms with Gasteiger partial charge in [-0.3, -0.25) is 5.41 Å². The Morgan fingerprint density at radius 2 is 1.81 bits per heavy atom. The Hall–Kier alpha value is -3.54. The number of aryl methyl sites for hydroxylation is 2. The molecule has 0 fully saturated rings. The number of hydrogen-bond donors (Lipinski definition) is 3. The fourth-order valence-corrected chi connectivity index (χ4v) is 3.11. The predicted molar refractivity (Wildman–Crippen MR) is 97.3 cm³/mol. The van der Waals surface area contributed by atoms with E-state index >= 15 is 0 Å². The first-order valence-corrected chi connectivity index (χ1v) is 8.15. The summed E-state index contributed by atoms with van der Waals surface area (Å²) in [7, 11) is 0. The van der Waals surface area contributed by atoms with Gasteiger partial charge >= 0.3 is 5.63 Å². The smallest absolute Gasteiger partial charge is 0.347 e. The van der Waals surface area contributed by atoms with Gasteiger partial charge < -0.3 is 19.2 Å². The third-order valence-electron chi connectivity index (χ3n) is 4.48. The SMILES string of the molecule is N=c1c2c(=O)oc3ccccc3c2ccn1CCc1ccc(O)c(O)c1. The minimum absolute atomic E-state index is 0.0880. The summed E-state index contributed by atoms with van der Waals surface area (Å²) in [5.41, 5.74) is 0.880. The van der Waals surface area contributed by atoms with Crippen LogP contribution in [0.5, 0.6) is 11.5 Å². The van der Waals surface area contributed by atoms with Crippen molar-refractivity contribution in [2.45, 2.75) is 13.0 Å². The van der Waals surface area contributed by atoms with Crippen LogP contribution in [0.2, 0.25) is 0 Å². The highest BCUT2D eigenvalue weighted by Gasteiger charge is 2.10. The molecule has 26 heavy (non-hydrogen) atoms. The average Bonchev–Trinajstić information content (AvgIpc) is 2.63. The minimum Gasteiger partial charge on any atom is -0.504 e. The summed E-state index contributed by atoms with van der Waals surface area (Å²) in [6.07, 6.45) is 2.31. The molecular weight excluding hydrogens is 332 g/mol. The average molecular weight is 348 g/mol. The van der Waals surface area contributed by atoms with E-state index in [1.54, 1.807) is 29.0 Å². The zero-order valence-electron chi connectivity index (χ0n) is 13.8. The number of phenols is 2. The molecule has 0 saturated heterocycles. The molecule has 0 spiro atoms. The Morgan fingerprint density at radius 1 is 1.00 bits per heavy atom. The first-order chi connectivity index (χ1) is 12.5. The monoisotopic (exact) mass is 348 g/mol. The van der Waals surface area contributed by atoms with E-state index in [0.717, 1.165) is 10.9 Å². The first kappa shape index (κ1) is 16.0. The lowest BCUT2D eigenvalue weighted by molar-refractivity contribution is 0.403. The van der Waals surface area contributed by atoms with E-state index in [9.17, 15) is 15.0 Å². The van der Waals surface area contributed by atoms with Crippen molar-refractivity contribution < 1.29 is 14.6 Å². The highest BCUT2D eigenvalue weighted by Crippen LogP contribution is 2.25. The number of fused-ring (bicyclic) bond motifs is 3. The number of phenolic OH excluding ortho intramolecular Hbond substituents is 2. The highest BCUT2D eigenvalue weighted by atomic mass is 16.4. The fourth-order valence-electron chi connectivity index (χ4n) is 3.11. The molecule has 3 N–H and O–H groups in total. The second-order valence-corrected chi connectivity index (χ2v) is 6.11. The Kier molecular flexibility index (Phi) is 3.73. The summed E-state index contributed by atoms with van der Waals surface area (Å²) in [4.78, 5) is 12.4. The fraction of sp³-hybridized carbons (Fsp3) is 0.100. The molecule has 0 aliphatic heterocycles. The molecule has 0 atom stereocenters. The Balaban J connectivity index is 1.77. The highest BCUT2D eigenvalue weighted by molar-refractivity contribution is 6.03. The molecule has 0 saturated carbocycles. The number of rotatable bonds is 3. The molecule has 2 aromatic heterocycles. The maximum absolute atomic E-state index is 12.4. The largest absolute Gasteiger partial charge is 0.504 e. The zero-order valence-corrected chi connectivity index (χ0v) is 13.8. The second kappa shape index (κ2) is 6.07. The van der Waals surface area contributed by atoms with Crippen molar-refractivity contribution in [1.29, 1.82) is 5.41 Å². The Bertz CT molecular complexity index is 1250. The van der Waals surface area contributed by atoms with Crippen LogP contribution in [0, 0.1) is 5.41 Å². The summed E-state index contributed by atoms with van der Waals surface area (Å²) in [6, 6.07) is 13.7. The number of hydrogen-bond acceptors (Lipinski definition) is 5. The Labute approximate surface area is 147 Å². The molecule has 6 heteroatoms. The summed E-state index contributed by atoms with van der Waals surface area (Å²) in [6.45, 7) is 0.450. The van der Waals surface area contributed by atoms with Gasteiger partial charge in [-0.1, -0.05) is 24.3 Å². The predicted octanol–water partition coefficient (Wildman–Crippen LogP) is 2.88. The van der Waals surface area contributed by atoms with E-state index in [4.69, 9.17) is 9.83 Å². The van der Waals surface area contributed by atoms with E-state index < -0.39 is 5.63 Å². The van der Waals surface area contributed by atoms with Gasteiger partial charge in [0.05, 0.1) is 0 Å². The van der Waals surface area contributed by atoms with E-state index in [0.29, 0.717) is 23.9 Å². The van der Waals surface area contributed by atoms with Crippen LogP contribution in [0.1, 0.15) is 5.56 Å². The normalized spacial score (nSPS) is 11.2. The molecule has 0 aliphatic carbocycles. The van der Waals surface area contributed by atoms with Gasteiger partial charge in [0.1, 0.15) is 16.5 Å². The maximum Gasteiger partial charge on any atom is 0.347 e. The number of nitrogens with one attached hydrogen (secondary N) is 1. The lowest BCUT2D eigenvalue weighted by Gasteiger charge is -2.10. The molecule has 130 valence electrons. The summed E-state index contributed by atoms with van der Waals surface area (Å²) < 4.78 is 7.02. The van der Waals surface area contributed by atoms with E-state index in [1.165, 1.54) is 12.1 Å². The zero-order chi connectivity index (χ0) is 18.3. The molecule has 2 heterocycles. The van der Waals surface area contributed by atoms with Crippen molar-refractivity contribution in [2.24, 2.45) is 0 Å². The van der Waals surface area contributed by atoms with E-state index in [1.807, 2.05) is 18.2 Å². The molecule has 0 unspecified atom stereocenters. The van der Waals surface area contributed by atoms with Crippen molar-refractivity contribution in [3.63, 3.8) is 0 Å². The summed E-state index contributed by atoms with van der Waals surface area (Å²) in [5.74, 6) is -0.345. The molecule has 4 rings (SSSR count). The van der Waals surface area contributed by atoms with Gasteiger partial charge in [-0.2, -0.15) is 0 Å². The molecule has 6 nitrogen and oxygen atoms in total. The lowest BCUT2D eigenvalue weighted by atomic mass is 10.1. The number of para-hydroxylation sites is 1. The van der Waals surface area contributed by atoms with Crippen molar-refractivity contribution in [1.82, 2.24) is 4.57 Å². The lowest BCUT2D eigenvalue weighted by Crippen LogP contribution is -2.25. The van der Waals surface area contributed by atoms with Gasteiger partial charge in [0.15, 0.2) is 11.5 Å². The van der Waals surface area contributed by atoms with Crippen LogP contribution in [-0.2, 0) is 13.0 Å². The van der Waals surface area contributed by atoms with Crippen LogP contribution >= 0.6 is 0 Å². The molecule has 0 bridgehead atoms. The van der Waals surface area contributed by atoms with Crippen LogP contribution in [0.25, 0.3) is 21.7 Å². The Morgan fingerprint density at radius 3 is 2.62 bits per heavy atom. The van der Waals surface area contributed by atoms with Crippen molar-refractivity contribution >= 4 is 21.7 Å². The van der Waals surface area contributed by atoms with Crippen LogP contribution in [0.15, 0.2) is 63.9 Å². The quantitative estimate of drug-likeness (QED) is 0.301. The van der Waals surface area contributed by atoms with Crippen LogP contribution in [0.4, 0.5) is 0 Å². The number of aromatic nitrogens is 1. The summed E-state index contributed by atoms with van der Waals surface area (Å²) in [5, 5.41) is 29.1. The van der Waals surface area contributed by atoms with Crippen molar-refractivity contribution in [2.75, 3.05) is 0 Å². The van der Waals surface area contributed by atoms with Gasteiger partial charge in [-0.05, 0) is 36.2 Å². The number of nitrogens with zero attached hydrogens (tertiary/aromatic N) is 1. The number of aromatic hydroxyl groups is 2. The molecule has 0 radical (unpaired) electrons. The first-order valence-electron chi connectivity index (χ1n) is 8.15. The molecule has 0 amide bonds. The van der Waals surface area contributed by atoms with Crippen molar-refractivity contribution in [3.05, 3.63) is 76.2 Å². The topological polar surface area (TPSA) is 99.5 Å². The van der Waals surface area contributed by atoms with E-state index in [-0.39, 0.29) is 22.4 Å². The van der Waals surface area contributed by atoms with Crippen LogP contribution in [0.3, 0.4) is 0 Å². The van der Waals surface area contributed by atoms with Gasteiger partial charge in [0, 0.05) is 23.5 Å². The maximum atomic E-state index is 12.4. The standard InChI is InChI=1S/C20H16N2O4/c21-19-18-14(13-3-1-2-4-17(13)26-20(18)25)8-10-22(19)9-7-12-5-6-15(23)16(24)11-12/h1-6,8,10-11,21,23-24H,7,9H2.